The quantitative estimate of drug-likeness (QED) is 0.338. The van der Waals surface area contributed by atoms with Gasteiger partial charge in [-0.3, -0.25) is 0 Å². The van der Waals surface area contributed by atoms with Crippen LogP contribution in [0.3, 0.4) is 0 Å². The number of hydrogen-bond acceptors (Lipinski definition) is 8. The molecule has 3 aromatic heterocycles. The van der Waals surface area contributed by atoms with E-state index in [9.17, 15) is 0 Å². The summed E-state index contributed by atoms with van der Waals surface area (Å²) < 4.78 is 2.03. The van der Waals surface area contributed by atoms with Crippen LogP contribution in [-0.4, -0.2) is 25.9 Å². The minimum Gasteiger partial charge on any atom is -0.229 e. The van der Waals surface area contributed by atoms with E-state index in [0.717, 1.165) is 30.7 Å². The molecule has 23 heavy (non-hydrogen) atoms. The summed E-state index contributed by atoms with van der Waals surface area (Å²) >= 11 is 6.94. The van der Waals surface area contributed by atoms with Crippen molar-refractivity contribution in [2.45, 2.75) is 52.7 Å². The molecular weight excluding hydrogens is 364 g/mol. The Hall–Kier alpha value is -0.700. The number of thioether (sulfide) groups is 1. The summed E-state index contributed by atoms with van der Waals surface area (Å²) in [7, 11) is 0. The van der Waals surface area contributed by atoms with E-state index in [0.29, 0.717) is 0 Å². The van der Waals surface area contributed by atoms with Gasteiger partial charge in [0.25, 0.3) is 0 Å². The van der Waals surface area contributed by atoms with Crippen molar-refractivity contribution in [1.82, 2.24) is 20.2 Å². The van der Waals surface area contributed by atoms with Crippen molar-refractivity contribution in [1.29, 1.82) is 0 Å². The van der Waals surface area contributed by atoms with Gasteiger partial charge in [-0.25, -0.2) is 9.97 Å². The van der Waals surface area contributed by atoms with Gasteiger partial charge in [0.05, 0.1) is 0 Å². The Balaban J connectivity index is 1.58. The zero-order valence-corrected chi connectivity index (χ0v) is 16.0. The van der Waals surface area contributed by atoms with Gasteiger partial charge in [-0.2, -0.15) is 0 Å². The fourth-order valence-corrected chi connectivity index (χ4v) is 7.16. The zero-order chi connectivity index (χ0) is 15.6. The predicted octanol–water partition coefficient (Wildman–Crippen LogP) is 5.07. The van der Waals surface area contributed by atoms with Crippen LogP contribution >= 0.6 is 46.2 Å². The minimum absolute atomic E-state index is 0.974. The Morgan fingerprint density at radius 2 is 2.04 bits per heavy atom. The Labute approximate surface area is 151 Å². The van der Waals surface area contributed by atoms with E-state index in [1.165, 1.54) is 41.5 Å². The molecule has 4 rings (SSSR count). The first-order valence-corrected chi connectivity index (χ1v) is 11.2. The third-order valence-corrected chi connectivity index (χ3v) is 8.16. The first-order valence-electron chi connectivity index (χ1n) is 7.74. The number of unbranched alkanes of at least 4 members (excludes halogenated alkanes) is 1. The third-order valence-electron chi connectivity index (χ3n) is 3.76. The molecule has 0 aromatic carbocycles. The molecule has 0 radical (unpaired) electrons. The Morgan fingerprint density at radius 1 is 1.13 bits per heavy atom. The summed E-state index contributed by atoms with van der Waals surface area (Å²) in [5.74, 6) is 1.12. The second-order valence-corrected chi connectivity index (χ2v) is 9.99. The third kappa shape index (κ3) is 3.26. The lowest BCUT2D eigenvalue weighted by Gasteiger charge is -2.00. The van der Waals surface area contributed by atoms with Crippen molar-refractivity contribution in [3.05, 3.63) is 16.8 Å². The second-order valence-electron chi connectivity index (χ2n) is 5.35. The maximum atomic E-state index is 4.53. The van der Waals surface area contributed by atoms with E-state index < -0.39 is 0 Å². The standard InChI is InChI=1S/C15H16N4S4/c1-2-3-7-20-14-18-19-15(23-14)22-13-11-9-5-4-6-10(9)21-12(11)16-8-17-13/h8H,2-7H2,1H3. The molecule has 0 saturated carbocycles. The average molecular weight is 381 g/mol. The molecule has 0 N–H and O–H groups in total. The van der Waals surface area contributed by atoms with E-state index in [4.69, 9.17) is 0 Å². The summed E-state index contributed by atoms with van der Waals surface area (Å²) in [5, 5.41) is 10.9. The number of aryl methyl sites for hydroxylation is 2. The lowest BCUT2D eigenvalue weighted by Crippen LogP contribution is -1.86. The smallest absolute Gasteiger partial charge is 0.181 e. The van der Waals surface area contributed by atoms with Crippen LogP contribution in [0, 0.1) is 0 Å². The molecule has 0 atom stereocenters. The Bertz CT molecular complexity index is 826. The summed E-state index contributed by atoms with van der Waals surface area (Å²) in [5.41, 5.74) is 1.47. The predicted molar refractivity (Wildman–Crippen MR) is 99.1 cm³/mol. The molecule has 3 heterocycles. The normalized spacial score (nSPS) is 13.8. The van der Waals surface area contributed by atoms with Crippen LogP contribution in [0.5, 0.6) is 0 Å². The first-order chi connectivity index (χ1) is 11.3. The highest BCUT2D eigenvalue weighted by Gasteiger charge is 2.22. The summed E-state index contributed by atoms with van der Waals surface area (Å²) in [6, 6.07) is 0. The molecule has 3 aromatic rings. The highest BCUT2D eigenvalue weighted by molar-refractivity contribution is 8.03. The number of rotatable bonds is 6. The fraction of sp³-hybridized carbons (Fsp3) is 0.467. The second kappa shape index (κ2) is 7.04. The minimum atomic E-state index is 0.974. The molecule has 0 saturated heterocycles. The van der Waals surface area contributed by atoms with Crippen LogP contribution in [0.2, 0.25) is 0 Å². The van der Waals surface area contributed by atoms with Crippen molar-refractivity contribution >= 4 is 56.4 Å². The van der Waals surface area contributed by atoms with Crippen molar-refractivity contribution in [3.63, 3.8) is 0 Å². The van der Waals surface area contributed by atoms with Crippen LogP contribution in [0.15, 0.2) is 20.0 Å². The van der Waals surface area contributed by atoms with Crippen molar-refractivity contribution < 1.29 is 0 Å². The topological polar surface area (TPSA) is 51.6 Å². The van der Waals surface area contributed by atoms with Gasteiger partial charge >= 0.3 is 0 Å². The highest BCUT2D eigenvalue weighted by atomic mass is 32.2. The van der Waals surface area contributed by atoms with Crippen LogP contribution in [-0.2, 0) is 12.8 Å². The maximum Gasteiger partial charge on any atom is 0.181 e. The Morgan fingerprint density at radius 3 is 2.96 bits per heavy atom. The van der Waals surface area contributed by atoms with Crippen LogP contribution in [0.1, 0.15) is 36.6 Å². The Kier molecular flexibility index (Phi) is 4.84. The van der Waals surface area contributed by atoms with Gasteiger partial charge < -0.3 is 0 Å². The van der Waals surface area contributed by atoms with E-state index in [2.05, 4.69) is 27.1 Å². The van der Waals surface area contributed by atoms with E-state index >= 15 is 0 Å². The largest absolute Gasteiger partial charge is 0.229 e. The number of fused-ring (bicyclic) bond motifs is 3. The van der Waals surface area contributed by atoms with Gasteiger partial charge in [0.1, 0.15) is 16.2 Å². The molecular formula is C15H16N4S4. The van der Waals surface area contributed by atoms with Crippen LogP contribution in [0.25, 0.3) is 10.2 Å². The molecule has 0 aliphatic heterocycles. The molecule has 0 fully saturated rings. The molecule has 1 aliphatic rings. The molecule has 120 valence electrons. The number of hydrogen-bond donors (Lipinski definition) is 0. The number of aromatic nitrogens is 4. The van der Waals surface area contributed by atoms with Gasteiger partial charge in [0.2, 0.25) is 0 Å². The van der Waals surface area contributed by atoms with Crippen molar-refractivity contribution in [2.24, 2.45) is 0 Å². The monoisotopic (exact) mass is 380 g/mol. The molecule has 4 nitrogen and oxygen atoms in total. The summed E-state index contributed by atoms with van der Waals surface area (Å²) in [6.45, 7) is 2.21. The lowest BCUT2D eigenvalue weighted by atomic mass is 10.2. The van der Waals surface area contributed by atoms with E-state index in [-0.39, 0.29) is 0 Å². The molecule has 0 amide bonds. The zero-order valence-electron chi connectivity index (χ0n) is 12.7. The van der Waals surface area contributed by atoms with Crippen molar-refractivity contribution in [2.75, 3.05) is 5.75 Å². The fourth-order valence-electron chi connectivity index (χ4n) is 2.66. The average Bonchev–Trinajstić information content (AvgIpc) is 3.23. The van der Waals surface area contributed by atoms with E-state index in [1.54, 1.807) is 41.2 Å². The van der Waals surface area contributed by atoms with Crippen molar-refractivity contribution in [3.8, 4) is 0 Å². The van der Waals surface area contributed by atoms with Gasteiger partial charge in [-0.15, -0.1) is 21.5 Å². The van der Waals surface area contributed by atoms with Gasteiger partial charge in [0.15, 0.2) is 8.68 Å². The number of thiophene rings is 1. The molecule has 8 heteroatoms. The first kappa shape index (κ1) is 15.8. The van der Waals surface area contributed by atoms with Crippen LogP contribution in [0.4, 0.5) is 0 Å². The highest BCUT2D eigenvalue weighted by Crippen LogP contribution is 2.42. The van der Waals surface area contributed by atoms with Gasteiger partial charge in [0, 0.05) is 16.0 Å². The van der Waals surface area contributed by atoms with Crippen LogP contribution < -0.4 is 0 Å². The SMILES string of the molecule is CCCCSc1nnc(Sc2ncnc3sc4c(c23)CCC4)s1. The number of nitrogens with zero attached hydrogens (tertiary/aromatic N) is 4. The van der Waals surface area contributed by atoms with Gasteiger partial charge in [-0.1, -0.05) is 36.4 Å². The molecule has 0 unspecified atom stereocenters. The molecule has 1 aliphatic carbocycles. The summed E-state index contributed by atoms with van der Waals surface area (Å²) in [4.78, 5) is 11.6. The van der Waals surface area contributed by atoms with E-state index in [1.807, 2.05) is 11.3 Å². The lowest BCUT2D eigenvalue weighted by molar-refractivity contribution is 0.892. The van der Waals surface area contributed by atoms with Gasteiger partial charge in [-0.05, 0) is 43.0 Å². The maximum absolute atomic E-state index is 4.53. The molecule has 0 spiro atoms. The summed E-state index contributed by atoms with van der Waals surface area (Å²) in [6.07, 6.45) is 7.72. The molecule has 0 bridgehead atoms.